The number of fused-ring (bicyclic) bond motifs is 1. The molecule has 4 aromatic rings. The van der Waals surface area contributed by atoms with Gasteiger partial charge in [0.1, 0.15) is 12.4 Å². The van der Waals surface area contributed by atoms with Crippen molar-refractivity contribution in [2.24, 2.45) is 5.92 Å². The second-order valence-corrected chi connectivity index (χ2v) is 8.61. The van der Waals surface area contributed by atoms with Crippen molar-refractivity contribution in [2.75, 3.05) is 0 Å². The van der Waals surface area contributed by atoms with E-state index in [0.29, 0.717) is 11.4 Å². The lowest BCUT2D eigenvalue weighted by Gasteiger charge is -2.21. The van der Waals surface area contributed by atoms with Crippen molar-refractivity contribution in [1.29, 1.82) is 0 Å². The number of aromatic nitrogens is 2. The minimum atomic E-state index is -0.591. The van der Waals surface area contributed by atoms with Gasteiger partial charge in [-0.2, -0.15) is 0 Å². The van der Waals surface area contributed by atoms with Crippen molar-refractivity contribution >= 4 is 34.2 Å². The second kappa shape index (κ2) is 9.14. The van der Waals surface area contributed by atoms with E-state index < -0.39 is 6.04 Å². The maximum Gasteiger partial charge on any atom is 0.262 e. The zero-order valence-electron chi connectivity index (χ0n) is 17.4. The maximum absolute atomic E-state index is 12.7. The Kier molecular flexibility index (Phi) is 6.13. The minimum Gasteiger partial charge on any atom is -0.350 e. The number of thiophene rings is 1. The number of benzene rings is 2. The maximum atomic E-state index is 12.7. The number of amides is 2. The number of para-hydroxylation sites is 2. The van der Waals surface area contributed by atoms with Crippen molar-refractivity contribution in [3.63, 3.8) is 0 Å². The van der Waals surface area contributed by atoms with Crippen molar-refractivity contribution in [3.8, 4) is 5.69 Å². The van der Waals surface area contributed by atoms with Crippen LogP contribution in [0.3, 0.4) is 0 Å². The van der Waals surface area contributed by atoms with Crippen LogP contribution in [0.5, 0.6) is 0 Å². The van der Waals surface area contributed by atoms with E-state index in [1.807, 2.05) is 84.7 Å². The second-order valence-electron chi connectivity index (χ2n) is 7.66. The minimum absolute atomic E-state index is 0.0270. The first-order valence-electron chi connectivity index (χ1n) is 10.2. The summed E-state index contributed by atoms with van der Waals surface area (Å²) in [5.41, 5.74) is 3.98. The molecule has 0 unspecified atom stereocenters. The van der Waals surface area contributed by atoms with Gasteiger partial charge in [-0.15, -0.1) is 11.3 Å². The molecule has 0 saturated heterocycles. The molecule has 2 N–H and O–H groups in total. The van der Waals surface area contributed by atoms with Crippen LogP contribution >= 0.6 is 11.3 Å². The monoisotopic (exact) mass is 432 g/mol. The largest absolute Gasteiger partial charge is 0.350 e. The predicted molar refractivity (Wildman–Crippen MR) is 123 cm³/mol. The van der Waals surface area contributed by atoms with Gasteiger partial charge in [-0.05, 0) is 47.2 Å². The Morgan fingerprint density at radius 1 is 1.03 bits per heavy atom. The van der Waals surface area contributed by atoms with Gasteiger partial charge in [-0.3, -0.25) is 14.2 Å². The normalized spacial score (nSPS) is 12.1. The smallest absolute Gasteiger partial charge is 0.262 e. The van der Waals surface area contributed by atoms with Gasteiger partial charge >= 0.3 is 0 Å². The Bertz CT molecular complexity index is 1180. The molecule has 2 amide bonds. The van der Waals surface area contributed by atoms with Crippen LogP contribution in [0.25, 0.3) is 16.7 Å². The molecule has 0 spiro atoms. The standard InChI is InChI=1S/C24H24N4O2S/c1-16(2)22(27-23(29)21-8-5-13-31-21)24(30)25-14-17-9-11-18(12-10-17)28-15-26-19-6-3-4-7-20(19)28/h3-13,15-16,22H,14H2,1-2H3,(H,25,30)(H,27,29)/t22-/m0/s1. The SMILES string of the molecule is CC(C)[C@H](NC(=O)c1cccs1)C(=O)NCc1ccc(-n2cnc3ccccc32)cc1. The summed E-state index contributed by atoms with van der Waals surface area (Å²) in [7, 11) is 0. The summed E-state index contributed by atoms with van der Waals surface area (Å²) in [6, 6.07) is 18.9. The summed E-state index contributed by atoms with van der Waals surface area (Å²) in [6.45, 7) is 4.23. The lowest BCUT2D eigenvalue weighted by molar-refractivity contribution is -0.124. The predicted octanol–water partition coefficient (Wildman–Crippen LogP) is 4.16. The number of nitrogens with zero attached hydrogens (tertiary/aromatic N) is 2. The van der Waals surface area contributed by atoms with Crippen LogP contribution in [0.1, 0.15) is 29.1 Å². The molecule has 2 heterocycles. The third-order valence-corrected chi connectivity index (χ3v) is 5.98. The van der Waals surface area contributed by atoms with Gasteiger partial charge in [-0.1, -0.05) is 44.2 Å². The van der Waals surface area contributed by atoms with Gasteiger partial charge in [0.15, 0.2) is 0 Å². The molecule has 2 aromatic heterocycles. The first kappa shape index (κ1) is 20.8. The molecule has 2 aromatic carbocycles. The molecule has 0 bridgehead atoms. The lowest BCUT2D eigenvalue weighted by atomic mass is 10.0. The fraction of sp³-hybridized carbons (Fsp3) is 0.208. The highest BCUT2D eigenvalue weighted by atomic mass is 32.1. The molecule has 0 fully saturated rings. The third kappa shape index (κ3) is 4.67. The molecule has 158 valence electrons. The summed E-state index contributed by atoms with van der Waals surface area (Å²) in [4.78, 5) is 30.1. The highest BCUT2D eigenvalue weighted by molar-refractivity contribution is 7.12. The fourth-order valence-corrected chi connectivity index (χ4v) is 4.02. The molecule has 7 heteroatoms. The molecular weight excluding hydrogens is 408 g/mol. The van der Waals surface area contributed by atoms with Crippen LogP contribution in [-0.2, 0) is 11.3 Å². The number of carbonyl (C=O) groups is 2. The number of nitrogens with one attached hydrogen (secondary N) is 2. The number of rotatable bonds is 7. The van der Waals surface area contributed by atoms with E-state index in [4.69, 9.17) is 0 Å². The van der Waals surface area contributed by atoms with E-state index in [2.05, 4.69) is 15.6 Å². The summed E-state index contributed by atoms with van der Waals surface area (Å²) in [6.07, 6.45) is 1.81. The molecule has 31 heavy (non-hydrogen) atoms. The van der Waals surface area contributed by atoms with Crippen LogP contribution < -0.4 is 10.6 Å². The molecule has 0 aliphatic rings. The zero-order valence-corrected chi connectivity index (χ0v) is 18.2. The van der Waals surface area contributed by atoms with Gasteiger partial charge in [-0.25, -0.2) is 4.98 Å². The van der Waals surface area contributed by atoms with E-state index in [-0.39, 0.29) is 17.7 Å². The number of hydrogen-bond donors (Lipinski definition) is 2. The lowest BCUT2D eigenvalue weighted by Crippen LogP contribution is -2.49. The first-order valence-corrected chi connectivity index (χ1v) is 11.0. The van der Waals surface area contributed by atoms with Crippen LogP contribution in [-0.4, -0.2) is 27.4 Å². The Morgan fingerprint density at radius 2 is 1.81 bits per heavy atom. The molecule has 0 aliphatic heterocycles. The number of imidazole rings is 1. The number of carbonyl (C=O) groups excluding carboxylic acids is 2. The Morgan fingerprint density at radius 3 is 2.52 bits per heavy atom. The van der Waals surface area contributed by atoms with E-state index >= 15 is 0 Å². The van der Waals surface area contributed by atoms with Gasteiger partial charge in [0.2, 0.25) is 5.91 Å². The summed E-state index contributed by atoms with van der Waals surface area (Å²) in [5.74, 6) is -0.439. The van der Waals surface area contributed by atoms with Crippen molar-refractivity contribution in [2.45, 2.75) is 26.4 Å². The average Bonchev–Trinajstić information content (AvgIpc) is 3.46. The summed E-state index contributed by atoms with van der Waals surface area (Å²) in [5, 5.41) is 7.64. The average molecular weight is 433 g/mol. The Balaban J connectivity index is 1.39. The van der Waals surface area contributed by atoms with Crippen molar-refractivity contribution in [1.82, 2.24) is 20.2 Å². The van der Waals surface area contributed by atoms with Gasteiger partial charge in [0.05, 0.1) is 15.9 Å². The molecule has 0 saturated carbocycles. The van der Waals surface area contributed by atoms with Crippen molar-refractivity contribution in [3.05, 3.63) is 82.8 Å². The molecule has 0 radical (unpaired) electrons. The molecule has 4 rings (SSSR count). The zero-order chi connectivity index (χ0) is 21.8. The van der Waals surface area contributed by atoms with Gasteiger partial charge < -0.3 is 10.6 Å². The van der Waals surface area contributed by atoms with E-state index in [1.165, 1.54) is 11.3 Å². The number of hydrogen-bond acceptors (Lipinski definition) is 4. The highest BCUT2D eigenvalue weighted by Crippen LogP contribution is 2.18. The van der Waals surface area contributed by atoms with Gasteiger partial charge in [0, 0.05) is 12.2 Å². The van der Waals surface area contributed by atoms with E-state index in [0.717, 1.165) is 22.3 Å². The van der Waals surface area contributed by atoms with Crippen LogP contribution in [0.2, 0.25) is 0 Å². The molecule has 6 nitrogen and oxygen atoms in total. The van der Waals surface area contributed by atoms with Crippen LogP contribution in [0.4, 0.5) is 0 Å². The van der Waals surface area contributed by atoms with Gasteiger partial charge in [0.25, 0.3) is 5.91 Å². The molecular formula is C24H24N4O2S. The van der Waals surface area contributed by atoms with Crippen LogP contribution in [0.15, 0.2) is 72.4 Å². The Labute approximate surface area is 184 Å². The fourth-order valence-electron chi connectivity index (χ4n) is 3.39. The topological polar surface area (TPSA) is 76.0 Å². The van der Waals surface area contributed by atoms with Crippen LogP contribution in [0, 0.1) is 5.92 Å². The highest BCUT2D eigenvalue weighted by Gasteiger charge is 2.24. The van der Waals surface area contributed by atoms with E-state index in [1.54, 1.807) is 6.07 Å². The molecule has 0 aliphatic carbocycles. The quantitative estimate of drug-likeness (QED) is 0.460. The first-order chi connectivity index (χ1) is 15.0. The third-order valence-electron chi connectivity index (χ3n) is 5.12. The Hall–Kier alpha value is -3.45. The molecule has 1 atom stereocenters. The van der Waals surface area contributed by atoms with Crippen molar-refractivity contribution < 1.29 is 9.59 Å². The summed E-state index contributed by atoms with van der Waals surface area (Å²) >= 11 is 1.36. The van der Waals surface area contributed by atoms with E-state index in [9.17, 15) is 9.59 Å². The summed E-state index contributed by atoms with van der Waals surface area (Å²) < 4.78 is 2.03.